The van der Waals surface area contributed by atoms with Crippen LogP contribution >= 0.6 is 0 Å². The Labute approximate surface area is 73.4 Å². The van der Waals surface area contributed by atoms with Crippen molar-refractivity contribution in [1.82, 2.24) is 5.48 Å². The molecule has 0 aromatic heterocycles. The highest BCUT2D eigenvalue weighted by Gasteiger charge is 2.42. The lowest BCUT2D eigenvalue weighted by molar-refractivity contribution is -0.148. The zero-order chi connectivity index (χ0) is 8.44. The van der Waals surface area contributed by atoms with Gasteiger partial charge in [0.05, 0.1) is 12.7 Å². The minimum absolute atomic E-state index is 0.231. The maximum atomic E-state index is 5.78. The van der Waals surface area contributed by atoms with Crippen molar-refractivity contribution < 1.29 is 9.57 Å². The van der Waals surface area contributed by atoms with Crippen LogP contribution in [0.3, 0.4) is 0 Å². The van der Waals surface area contributed by atoms with Gasteiger partial charge in [0, 0.05) is 12.6 Å². The molecule has 0 aromatic carbocycles. The van der Waals surface area contributed by atoms with Crippen LogP contribution in [0, 0.1) is 0 Å². The Morgan fingerprint density at radius 2 is 2.33 bits per heavy atom. The largest absolute Gasteiger partial charge is 0.375 e. The van der Waals surface area contributed by atoms with Gasteiger partial charge in [-0.2, -0.15) is 5.48 Å². The van der Waals surface area contributed by atoms with E-state index in [1.807, 2.05) is 0 Å². The summed E-state index contributed by atoms with van der Waals surface area (Å²) in [4.78, 5) is 4.94. The van der Waals surface area contributed by atoms with Crippen molar-refractivity contribution in [1.29, 1.82) is 0 Å². The van der Waals surface area contributed by atoms with Crippen LogP contribution in [0.25, 0.3) is 0 Å². The molecule has 1 N–H and O–H groups in total. The second kappa shape index (κ2) is 3.32. The summed E-state index contributed by atoms with van der Waals surface area (Å²) in [6.45, 7) is 0.890. The molecule has 3 heteroatoms. The van der Waals surface area contributed by atoms with Gasteiger partial charge in [-0.1, -0.05) is 0 Å². The zero-order valence-electron chi connectivity index (χ0n) is 7.64. The number of hydroxylamine groups is 1. The summed E-state index contributed by atoms with van der Waals surface area (Å²) in [6.07, 6.45) is 6.03. The van der Waals surface area contributed by atoms with E-state index in [9.17, 15) is 0 Å². The van der Waals surface area contributed by atoms with Gasteiger partial charge < -0.3 is 9.57 Å². The molecule has 0 radical (unpaired) electrons. The van der Waals surface area contributed by atoms with E-state index < -0.39 is 0 Å². The quantitative estimate of drug-likeness (QED) is 0.634. The highest BCUT2D eigenvalue weighted by Crippen LogP contribution is 2.42. The second-order valence-electron chi connectivity index (χ2n) is 3.90. The molecule has 0 aromatic rings. The molecule has 2 rings (SSSR count). The minimum atomic E-state index is 0.231. The number of hydrogen-bond acceptors (Lipinski definition) is 3. The van der Waals surface area contributed by atoms with Crippen molar-refractivity contribution >= 4 is 0 Å². The molecule has 0 amide bonds. The van der Waals surface area contributed by atoms with E-state index in [4.69, 9.17) is 9.57 Å². The first-order valence-electron chi connectivity index (χ1n) is 4.77. The topological polar surface area (TPSA) is 30.5 Å². The Kier molecular flexibility index (Phi) is 2.35. The average Bonchev–Trinajstić information content (AvgIpc) is 2.03. The van der Waals surface area contributed by atoms with Crippen molar-refractivity contribution in [3.05, 3.63) is 0 Å². The molecule has 1 saturated heterocycles. The molecule has 12 heavy (non-hydrogen) atoms. The molecule has 70 valence electrons. The highest BCUT2D eigenvalue weighted by molar-refractivity contribution is 4.95. The third-order valence-electron chi connectivity index (χ3n) is 3.04. The van der Waals surface area contributed by atoms with Crippen LogP contribution in [-0.2, 0) is 9.57 Å². The number of rotatable bonds is 2. The summed E-state index contributed by atoms with van der Waals surface area (Å²) in [7, 11) is 1.68. The summed E-state index contributed by atoms with van der Waals surface area (Å²) < 4.78 is 5.78. The van der Waals surface area contributed by atoms with E-state index in [0.717, 1.165) is 19.4 Å². The molecule has 2 fully saturated rings. The highest BCUT2D eigenvalue weighted by atomic mass is 16.6. The lowest BCUT2D eigenvalue weighted by atomic mass is 9.74. The first kappa shape index (κ1) is 8.48. The van der Waals surface area contributed by atoms with Crippen molar-refractivity contribution in [2.24, 2.45) is 0 Å². The third-order valence-corrected chi connectivity index (χ3v) is 3.04. The predicted octanol–water partition coefficient (Wildman–Crippen LogP) is 1.24. The van der Waals surface area contributed by atoms with Crippen LogP contribution in [0.2, 0.25) is 0 Å². The van der Waals surface area contributed by atoms with Gasteiger partial charge in [-0.05, 0) is 32.1 Å². The van der Waals surface area contributed by atoms with Crippen LogP contribution in [0.5, 0.6) is 0 Å². The lowest BCUT2D eigenvalue weighted by Gasteiger charge is -2.47. The van der Waals surface area contributed by atoms with Crippen LogP contribution in [0.4, 0.5) is 0 Å². The molecule has 1 atom stereocenters. The first-order valence-corrected chi connectivity index (χ1v) is 4.77. The second-order valence-corrected chi connectivity index (χ2v) is 3.90. The summed E-state index contributed by atoms with van der Waals surface area (Å²) in [5.41, 5.74) is 3.26. The lowest BCUT2D eigenvalue weighted by Crippen LogP contribution is -2.50. The molecule has 1 heterocycles. The number of hydrogen-bond donors (Lipinski definition) is 1. The third kappa shape index (κ3) is 1.49. The predicted molar refractivity (Wildman–Crippen MR) is 45.7 cm³/mol. The molecule has 3 nitrogen and oxygen atoms in total. The van der Waals surface area contributed by atoms with Crippen molar-refractivity contribution in [3.63, 3.8) is 0 Å². The maximum Gasteiger partial charge on any atom is 0.0698 e. The summed E-state index contributed by atoms with van der Waals surface area (Å²) in [5, 5.41) is 0. The number of nitrogens with one attached hydrogen (secondary N) is 1. The molecular formula is C9H17NO2. The Balaban J connectivity index is 1.85. The van der Waals surface area contributed by atoms with E-state index in [1.165, 1.54) is 19.3 Å². The molecule has 1 aliphatic carbocycles. The zero-order valence-corrected chi connectivity index (χ0v) is 7.64. The van der Waals surface area contributed by atoms with Gasteiger partial charge >= 0.3 is 0 Å². The van der Waals surface area contributed by atoms with Crippen molar-refractivity contribution in [2.45, 2.75) is 43.7 Å². The normalized spacial score (nSPS) is 33.2. The van der Waals surface area contributed by atoms with E-state index in [2.05, 4.69) is 5.48 Å². The fourth-order valence-electron chi connectivity index (χ4n) is 2.21. The first-order chi connectivity index (χ1) is 5.85. The standard InChI is InChI=1S/C9H17NO2/c1-11-10-8-3-6-12-9(7-8)4-2-5-9/h8,10H,2-7H2,1H3. The monoisotopic (exact) mass is 171 g/mol. The molecule has 0 bridgehead atoms. The van der Waals surface area contributed by atoms with Crippen molar-refractivity contribution in [2.75, 3.05) is 13.7 Å². The molecular weight excluding hydrogens is 154 g/mol. The maximum absolute atomic E-state index is 5.78. The molecule has 1 spiro atoms. The smallest absolute Gasteiger partial charge is 0.0698 e. The van der Waals surface area contributed by atoms with Gasteiger partial charge in [0.1, 0.15) is 0 Å². The Bertz CT molecular complexity index is 155. The van der Waals surface area contributed by atoms with E-state index >= 15 is 0 Å². The van der Waals surface area contributed by atoms with Crippen LogP contribution in [-0.4, -0.2) is 25.4 Å². The summed E-state index contributed by atoms with van der Waals surface area (Å²) in [5.74, 6) is 0. The van der Waals surface area contributed by atoms with Crippen LogP contribution < -0.4 is 5.48 Å². The van der Waals surface area contributed by atoms with Crippen LogP contribution in [0.15, 0.2) is 0 Å². The van der Waals surface area contributed by atoms with Gasteiger partial charge in [0.25, 0.3) is 0 Å². The average molecular weight is 171 g/mol. The van der Waals surface area contributed by atoms with Gasteiger partial charge in [-0.15, -0.1) is 0 Å². The van der Waals surface area contributed by atoms with Crippen molar-refractivity contribution in [3.8, 4) is 0 Å². The summed E-state index contributed by atoms with van der Waals surface area (Å²) >= 11 is 0. The summed E-state index contributed by atoms with van der Waals surface area (Å²) in [6, 6.07) is 0.504. The van der Waals surface area contributed by atoms with Gasteiger partial charge in [-0.25, -0.2) is 0 Å². The van der Waals surface area contributed by atoms with E-state index in [-0.39, 0.29) is 5.60 Å². The van der Waals surface area contributed by atoms with E-state index in [0.29, 0.717) is 6.04 Å². The van der Waals surface area contributed by atoms with Gasteiger partial charge in [-0.3, -0.25) is 0 Å². The number of ether oxygens (including phenoxy) is 1. The van der Waals surface area contributed by atoms with Gasteiger partial charge in [0.15, 0.2) is 0 Å². The molecule has 1 saturated carbocycles. The molecule has 1 unspecified atom stereocenters. The van der Waals surface area contributed by atoms with E-state index in [1.54, 1.807) is 7.11 Å². The van der Waals surface area contributed by atoms with Gasteiger partial charge in [0.2, 0.25) is 0 Å². The fraction of sp³-hybridized carbons (Fsp3) is 1.00. The Hall–Kier alpha value is -0.120. The Morgan fingerprint density at radius 1 is 1.50 bits per heavy atom. The van der Waals surface area contributed by atoms with Crippen LogP contribution in [0.1, 0.15) is 32.1 Å². The fourth-order valence-corrected chi connectivity index (χ4v) is 2.21. The molecule has 2 aliphatic rings. The Morgan fingerprint density at radius 3 is 2.92 bits per heavy atom. The SMILES string of the molecule is CONC1CCOC2(CCC2)C1. The minimum Gasteiger partial charge on any atom is -0.375 e. The molecule has 1 aliphatic heterocycles.